The first-order chi connectivity index (χ1) is 9.56. The molecule has 6 nitrogen and oxygen atoms in total. The number of amides is 1. The van der Waals surface area contributed by atoms with Crippen molar-refractivity contribution in [2.45, 2.75) is 25.5 Å². The molecule has 0 saturated carbocycles. The van der Waals surface area contributed by atoms with Crippen molar-refractivity contribution >= 4 is 21.8 Å². The molecule has 2 N–H and O–H groups in total. The summed E-state index contributed by atoms with van der Waals surface area (Å²) in [7, 11) is 0. The Hall–Kier alpha value is -1.18. The minimum atomic E-state index is -0.422. The van der Waals surface area contributed by atoms with Gasteiger partial charge in [-0.25, -0.2) is 4.98 Å². The molecule has 7 heteroatoms. The molecule has 1 amide bonds. The van der Waals surface area contributed by atoms with E-state index in [2.05, 4.69) is 26.2 Å². The molecular weight excluding hydrogens is 328 g/mol. The summed E-state index contributed by atoms with van der Waals surface area (Å²) in [6, 6.07) is 1.26. The summed E-state index contributed by atoms with van der Waals surface area (Å²) < 4.78 is 11.4. The van der Waals surface area contributed by atoms with Gasteiger partial charge in [-0.2, -0.15) is 0 Å². The molecule has 1 aromatic rings. The Morgan fingerprint density at radius 3 is 3.20 bits per heavy atom. The van der Waals surface area contributed by atoms with E-state index in [1.165, 1.54) is 12.3 Å². The molecule has 110 valence electrons. The quantitative estimate of drug-likeness (QED) is 0.845. The molecule has 0 spiro atoms. The monoisotopic (exact) mass is 344 g/mol. The summed E-state index contributed by atoms with van der Waals surface area (Å²) in [5.74, 6) is -0.581. The highest BCUT2D eigenvalue weighted by Gasteiger charge is 2.19. The van der Waals surface area contributed by atoms with E-state index in [1.54, 1.807) is 0 Å². The van der Waals surface area contributed by atoms with Gasteiger partial charge in [0.1, 0.15) is 5.75 Å². The molecule has 0 aromatic carbocycles. The van der Waals surface area contributed by atoms with Crippen LogP contribution in [-0.2, 0) is 9.47 Å². The second-order valence-electron chi connectivity index (χ2n) is 4.71. The first kappa shape index (κ1) is 15.2. The van der Waals surface area contributed by atoms with Crippen LogP contribution in [0.15, 0.2) is 16.7 Å². The Kier molecular flexibility index (Phi) is 5.33. The number of nitrogens with zero attached hydrogens (tertiary/aromatic N) is 1. The van der Waals surface area contributed by atoms with Crippen LogP contribution in [-0.4, -0.2) is 48.0 Å². The van der Waals surface area contributed by atoms with Gasteiger partial charge in [-0.3, -0.25) is 4.79 Å². The molecule has 1 aromatic heterocycles. The van der Waals surface area contributed by atoms with E-state index in [4.69, 9.17) is 9.47 Å². The number of carbonyl (C=O) groups excluding carboxylic acids is 1. The summed E-state index contributed by atoms with van der Waals surface area (Å²) in [5, 5.41) is 12.4. The first-order valence-electron chi connectivity index (χ1n) is 6.41. The van der Waals surface area contributed by atoms with Crippen molar-refractivity contribution in [3.05, 3.63) is 22.4 Å². The summed E-state index contributed by atoms with van der Waals surface area (Å²) in [6.45, 7) is 3.57. The number of ether oxygens (including phenoxy) is 2. The van der Waals surface area contributed by atoms with Crippen LogP contribution in [0.3, 0.4) is 0 Å². The fourth-order valence-corrected chi connectivity index (χ4v) is 2.18. The molecule has 1 aliphatic heterocycles. The van der Waals surface area contributed by atoms with Crippen LogP contribution >= 0.6 is 15.9 Å². The Morgan fingerprint density at radius 2 is 2.55 bits per heavy atom. The predicted molar refractivity (Wildman–Crippen MR) is 75.7 cm³/mol. The molecule has 0 aliphatic carbocycles. The van der Waals surface area contributed by atoms with Gasteiger partial charge in [0.05, 0.1) is 19.3 Å². The molecule has 0 bridgehead atoms. The van der Waals surface area contributed by atoms with Crippen LogP contribution < -0.4 is 5.32 Å². The van der Waals surface area contributed by atoms with E-state index < -0.39 is 5.91 Å². The fourth-order valence-electron chi connectivity index (χ4n) is 1.86. The molecule has 2 unspecified atom stereocenters. The number of aromatic nitrogens is 1. The molecule has 2 rings (SSSR count). The summed E-state index contributed by atoms with van der Waals surface area (Å²) in [5.41, 5.74) is 0.00393. The van der Waals surface area contributed by atoms with Crippen LogP contribution in [0, 0.1) is 0 Å². The predicted octanol–water partition coefficient (Wildman–Crippen LogP) is 1.47. The maximum absolute atomic E-state index is 12.0. The molecule has 1 saturated heterocycles. The topological polar surface area (TPSA) is 80.7 Å². The number of carbonyl (C=O) groups is 1. The van der Waals surface area contributed by atoms with Gasteiger partial charge in [0.2, 0.25) is 0 Å². The standard InChI is InChI=1S/C13H17BrN2O4/c1-8(6-20-10-2-3-19-7-10)16-13(18)12-11(17)4-9(14)5-15-12/h4-5,8,10,17H,2-3,6-7H2,1H3,(H,16,18). The molecule has 1 aliphatic rings. The van der Waals surface area contributed by atoms with E-state index in [1.807, 2.05) is 6.92 Å². The van der Waals surface area contributed by atoms with Gasteiger partial charge in [-0.1, -0.05) is 0 Å². The van der Waals surface area contributed by atoms with Crippen LogP contribution in [0.4, 0.5) is 0 Å². The van der Waals surface area contributed by atoms with Crippen molar-refractivity contribution in [1.29, 1.82) is 0 Å². The molecule has 2 heterocycles. The van der Waals surface area contributed by atoms with Crippen molar-refractivity contribution in [1.82, 2.24) is 10.3 Å². The molecule has 20 heavy (non-hydrogen) atoms. The van der Waals surface area contributed by atoms with E-state index in [0.717, 1.165) is 13.0 Å². The highest BCUT2D eigenvalue weighted by Crippen LogP contribution is 2.19. The molecule has 1 fully saturated rings. The van der Waals surface area contributed by atoms with Gasteiger partial charge < -0.3 is 19.9 Å². The average molecular weight is 345 g/mol. The lowest BCUT2D eigenvalue weighted by Gasteiger charge is -2.17. The highest BCUT2D eigenvalue weighted by atomic mass is 79.9. The summed E-state index contributed by atoms with van der Waals surface area (Å²) in [6.07, 6.45) is 2.45. The van der Waals surface area contributed by atoms with Crippen molar-refractivity contribution in [3.8, 4) is 5.75 Å². The number of nitrogens with one attached hydrogen (secondary N) is 1. The average Bonchev–Trinajstić information content (AvgIpc) is 2.89. The smallest absolute Gasteiger partial charge is 0.274 e. The lowest BCUT2D eigenvalue weighted by molar-refractivity contribution is 0.0317. The zero-order chi connectivity index (χ0) is 14.5. The first-order valence-corrected chi connectivity index (χ1v) is 7.20. The highest BCUT2D eigenvalue weighted by molar-refractivity contribution is 9.10. The molecule has 0 radical (unpaired) electrons. The molecular formula is C13H17BrN2O4. The fraction of sp³-hybridized carbons (Fsp3) is 0.538. The maximum atomic E-state index is 12.0. The third-order valence-corrected chi connectivity index (χ3v) is 3.33. The van der Waals surface area contributed by atoms with E-state index in [0.29, 0.717) is 17.7 Å². The zero-order valence-electron chi connectivity index (χ0n) is 11.1. The van der Waals surface area contributed by atoms with Gasteiger partial charge >= 0.3 is 0 Å². The number of aromatic hydroxyl groups is 1. The van der Waals surface area contributed by atoms with Crippen molar-refractivity contribution in [3.63, 3.8) is 0 Å². The van der Waals surface area contributed by atoms with Crippen molar-refractivity contribution < 1.29 is 19.4 Å². The van der Waals surface area contributed by atoms with Crippen molar-refractivity contribution in [2.24, 2.45) is 0 Å². The Balaban J connectivity index is 1.83. The van der Waals surface area contributed by atoms with Crippen LogP contribution in [0.5, 0.6) is 5.75 Å². The number of hydrogen-bond donors (Lipinski definition) is 2. The number of rotatable bonds is 5. The lowest BCUT2D eigenvalue weighted by atomic mass is 10.2. The largest absolute Gasteiger partial charge is 0.505 e. The zero-order valence-corrected chi connectivity index (χ0v) is 12.7. The van der Waals surface area contributed by atoms with Crippen molar-refractivity contribution in [2.75, 3.05) is 19.8 Å². The Labute approximate surface area is 125 Å². The van der Waals surface area contributed by atoms with E-state index in [-0.39, 0.29) is 23.6 Å². The number of hydrogen-bond acceptors (Lipinski definition) is 5. The van der Waals surface area contributed by atoms with E-state index in [9.17, 15) is 9.90 Å². The summed E-state index contributed by atoms with van der Waals surface area (Å²) in [4.78, 5) is 15.9. The van der Waals surface area contributed by atoms with Crippen LogP contribution in [0.2, 0.25) is 0 Å². The van der Waals surface area contributed by atoms with Crippen LogP contribution in [0.1, 0.15) is 23.8 Å². The van der Waals surface area contributed by atoms with Gasteiger partial charge in [-0.15, -0.1) is 0 Å². The Bertz CT molecular complexity index is 477. The van der Waals surface area contributed by atoms with E-state index >= 15 is 0 Å². The maximum Gasteiger partial charge on any atom is 0.274 e. The lowest BCUT2D eigenvalue weighted by Crippen LogP contribution is -2.37. The van der Waals surface area contributed by atoms with Gasteiger partial charge in [0.15, 0.2) is 5.69 Å². The second-order valence-corrected chi connectivity index (χ2v) is 5.63. The third-order valence-electron chi connectivity index (χ3n) is 2.90. The minimum Gasteiger partial charge on any atom is -0.505 e. The second kappa shape index (κ2) is 7.01. The number of halogens is 1. The Morgan fingerprint density at radius 1 is 1.75 bits per heavy atom. The normalized spacial score (nSPS) is 19.8. The summed E-state index contributed by atoms with van der Waals surface area (Å²) >= 11 is 3.17. The SMILES string of the molecule is CC(COC1CCOC1)NC(=O)c1ncc(Br)cc1O. The minimum absolute atomic E-state index is 0.00393. The third kappa shape index (κ3) is 4.16. The van der Waals surface area contributed by atoms with Gasteiger partial charge in [0, 0.05) is 23.3 Å². The number of pyridine rings is 1. The molecule has 2 atom stereocenters. The van der Waals surface area contributed by atoms with Gasteiger partial charge in [0.25, 0.3) is 5.91 Å². The van der Waals surface area contributed by atoms with Crippen LogP contribution in [0.25, 0.3) is 0 Å². The van der Waals surface area contributed by atoms with Gasteiger partial charge in [-0.05, 0) is 35.3 Å².